The summed E-state index contributed by atoms with van der Waals surface area (Å²) in [6, 6.07) is 17.6. The summed E-state index contributed by atoms with van der Waals surface area (Å²) in [6.07, 6.45) is 8.29. The van der Waals surface area contributed by atoms with Crippen LogP contribution < -0.4 is 0 Å². The van der Waals surface area contributed by atoms with Gasteiger partial charge in [-0.1, -0.05) is 60.7 Å². The second-order valence-corrected chi connectivity index (χ2v) is 5.28. The molecule has 0 fully saturated rings. The van der Waals surface area contributed by atoms with Gasteiger partial charge in [0, 0.05) is 0 Å². The Labute approximate surface area is 113 Å². The summed E-state index contributed by atoms with van der Waals surface area (Å²) in [5.74, 6) is 0. The van der Waals surface area contributed by atoms with Gasteiger partial charge in [0.1, 0.15) is 0 Å². The Balaban J connectivity index is 2.28. The predicted molar refractivity (Wildman–Crippen MR) is 83.4 cm³/mol. The van der Waals surface area contributed by atoms with Crippen LogP contribution in [0.25, 0.3) is 27.6 Å². The van der Waals surface area contributed by atoms with Gasteiger partial charge in [0.2, 0.25) is 0 Å². The Hall–Kier alpha value is -2.08. The molecule has 0 radical (unpaired) electrons. The molecule has 0 atom stereocenters. The third-order valence-corrected chi connectivity index (χ3v) is 4.17. The highest BCUT2D eigenvalue weighted by Gasteiger charge is 2.13. The molecule has 1 aliphatic carbocycles. The minimum atomic E-state index is 1.19. The lowest BCUT2D eigenvalue weighted by Crippen LogP contribution is -1.92. The lowest BCUT2D eigenvalue weighted by molar-refractivity contribution is 0.857. The van der Waals surface area contributed by atoms with Gasteiger partial charge in [-0.3, -0.25) is 0 Å². The fraction of sp³-hybridized carbons (Fsp3) is 0.158. The molecular formula is C19H16. The summed E-state index contributed by atoms with van der Waals surface area (Å²) >= 11 is 0. The van der Waals surface area contributed by atoms with Crippen molar-refractivity contribution >= 4 is 27.6 Å². The first-order valence-corrected chi connectivity index (χ1v) is 7.04. The van der Waals surface area contributed by atoms with Crippen LogP contribution in [0.5, 0.6) is 0 Å². The fourth-order valence-electron chi connectivity index (χ4n) is 3.30. The summed E-state index contributed by atoms with van der Waals surface area (Å²) < 4.78 is 0. The summed E-state index contributed by atoms with van der Waals surface area (Å²) in [4.78, 5) is 0. The zero-order valence-electron chi connectivity index (χ0n) is 10.9. The average Bonchev–Trinajstić information content (AvgIpc) is 2.73. The largest absolute Gasteiger partial charge is 0.0839 e. The van der Waals surface area contributed by atoms with Gasteiger partial charge in [0.15, 0.2) is 0 Å². The second-order valence-electron chi connectivity index (χ2n) is 5.28. The van der Waals surface area contributed by atoms with Crippen LogP contribution in [0.15, 0.2) is 54.6 Å². The summed E-state index contributed by atoms with van der Waals surface area (Å²) in [7, 11) is 0. The van der Waals surface area contributed by atoms with Crippen LogP contribution in [0.3, 0.4) is 0 Å². The van der Waals surface area contributed by atoms with Crippen LogP contribution in [0.4, 0.5) is 0 Å². The van der Waals surface area contributed by atoms with Crippen LogP contribution in [0.1, 0.15) is 24.0 Å². The van der Waals surface area contributed by atoms with Crippen LogP contribution in [0.2, 0.25) is 0 Å². The molecule has 0 saturated heterocycles. The molecule has 0 nitrogen and oxygen atoms in total. The van der Waals surface area contributed by atoms with Gasteiger partial charge in [-0.15, -0.1) is 0 Å². The maximum Gasteiger partial charge on any atom is -0.00992 e. The highest BCUT2D eigenvalue weighted by Crippen LogP contribution is 2.35. The monoisotopic (exact) mass is 244 g/mol. The molecular weight excluding hydrogens is 228 g/mol. The minimum absolute atomic E-state index is 1.19. The van der Waals surface area contributed by atoms with Crippen molar-refractivity contribution in [3.8, 4) is 0 Å². The molecule has 0 aromatic heterocycles. The van der Waals surface area contributed by atoms with Crippen LogP contribution in [-0.2, 0) is 6.42 Å². The number of allylic oxidation sites excluding steroid dienone is 1. The molecule has 0 saturated carbocycles. The van der Waals surface area contributed by atoms with E-state index in [4.69, 9.17) is 0 Å². The SMILES string of the molecule is C1=Cc2c(c3ccccc3c3ccccc23)CCC1. The fourth-order valence-corrected chi connectivity index (χ4v) is 3.30. The first-order valence-electron chi connectivity index (χ1n) is 7.04. The highest BCUT2D eigenvalue weighted by atomic mass is 14.2. The number of hydrogen-bond acceptors (Lipinski definition) is 0. The molecule has 0 bridgehead atoms. The van der Waals surface area contributed by atoms with Gasteiger partial charge in [0.05, 0.1) is 0 Å². The maximum atomic E-state index is 2.33. The van der Waals surface area contributed by atoms with Gasteiger partial charge < -0.3 is 0 Å². The lowest BCUT2D eigenvalue weighted by atomic mass is 9.90. The molecule has 19 heavy (non-hydrogen) atoms. The van der Waals surface area contributed by atoms with Crippen molar-refractivity contribution in [1.29, 1.82) is 0 Å². The Kier molecular flexibility index (Phi) is 2.41. The second kappa shape index (κ2) is 4.24. The molecule has 0 heteroatoms. The molecule has 0 amide bonds. The Morgan fingerprint density at radius 2 is 1.32 bits per heavy atom. The zero-order chi connectivity index (χ0) is 12.7. The highest BCUT2D eigenvalue weighted by molar-refractivity contribution is 6.12. The normalized spacial score (nSPS) is 14.5. The predicted octanol–water partition coefficient (Wildman–Crippen LogP) is 5.34. The third-order valence-electron chi connectivity index (χ3n) is 4.17. The molecule has 0 spiro atoms. The van der Waals surface area contributed by atoms with Gasteiger partial charge >= 0.3 is 0 Å². The van der Waals surface area contributed by atoms with Gasteiger partial charge in [-0.2, -0.15) is 0 Å². The molecule has 92 valence electrons. The first-order chi connectivity index (χ1) is 9.45. The van der Waals surface area contributed by atoms with E-state index in [1.807, 2.05) is 0 Å². The van der Waals surface area contributed by atoms with E-state index in [0.29, 0.717) is 0 Å². The Morgan fingerprint density at radius 3 is 2.11 bits per heavy atom. The lowest BCUT2D eigenvalue weighted by Gasteiger charge is -2.14. The van der Waals surface area contributed by atoms with E-state index in [-0.39, 0.29) is 0 Å². The number of fused-ring (bicyclic) bond motifs is 6. The standard InChI is InChI=1S/C19H16/c1-2-8-14-15(9-3-1)17-11-5-7-13-19(17)18-12-6-4-10-16(14)18/h2,4-8,10-13H,1,3,9H2. The van der Waals surface area contributed by atoms with Crippen molar-refractivity contribution in [2.45, 2.75) is 19.3 Å². The smallest absolute Gasteiger partial charge is 0.00992 e. The topological polar surface area (TPSA) is 0 Å². The molecule has 3 aromatic rings. The summed E-state index contributed by atoms with van der Waals surface area (Å²) in [5.41, 5.74) is 2.97. The van der Waals surface area contributed by atoms with Crippen molar-refractivity contribution in [1.82, 2.24) is 0 Å². The van der Waals surface area contributed by atoms with Crippen molar-refractivity contribution in [2.75, 3.05) is 0 Å². The molecule has 0 heterocycles. The van der Waals surface area contributed by atoms with Crippen molar-refractivity contribution in [3.05, 3.63) is 65.7 Å². The summed E-state index contributed by atoms with van der Waals surface area (Å²) in [5, 5.41) is 5.60. The number of benzene rings is 3. The molecule has 0 aliphatic heterocycles. The van der Waals surface area contributed by atoms with Crippen molar-refractivity contribution in [2.24, 2.45) is 0 Å². The third kappa shape index (κ3) is 1.60. The number of rotatable bonds is 0. The zero-order valence-corrected chi connectivity index (χ0v) is 10.9. The Bertz CT molecular complexity index is 794. The van der Waals surface area contributed by atoms with Crippen molar-refractivity contribution in [3.63, 3.8) is 0 Å². The van der Waals surface area contributed by atoms with E-state index in [0.717, 1.165) is 0 Å². The minimum Gasteiger partial charge on any atom is -0.0839 e. The average molecular weight is 244 g/mol. The maximum absolute atomic E-state index is 2.33. The molecule has 0 unspecified atom stereocenters. The molecule has 1 aliphatic rings. The van der Waals surface area contributed by atoms with E-state index >= 15 is 0 Å². The number of aryl methyl sites for hydroxylation is 1. The van der Waals surface area contributed by atoms with E-state index in [1.165, 1.54) is 51.9 Å². The van der Waals surface area contributed by atoms with Gasteiger partial charge in [-0.05, 0) is 51.9 Å². The van der Waals surface area contributed by atoms with Gasteiger partial charge in [-0.25, -0.2) is 0 Å². The van der Waals surface area contributed by atoms with E-state index in [9.17, 15) is 0 Å². The summed E-state index contributed by atoms with van der Waals surface area (Å²) in [6.45, 7) is 0. The van der Waals surface area contributed by atoms with E-state index in [2.05, 4.69) is 60.7 Å². The first kappa shape index (κ1) is 10.8. The van der Waals surface area contributed by atoms with Crippen LogP contribution >= 0.6 is 0 Å². The van der Waals surface area contributed by atoms with Crippen molar-refractivity contribution < 1.29 is 0 Å². The Morgan fingerprint density at radius 1 is 0.684 bits per heavy atom. The molecule has 3 aromatic carbocycles. The van der Waals surface area contributed by atoms with E-state index in [1.54, 1.807) is 0 Å². The van der Waals surface area contributed by atoms with Crippen LogP contribution in [-0.4, -0.2) is 0 Å². The molecule has 4 rings (SSSR count). The molecule has 0 N–H and O–H groups in total. The number of hydrogen-bond donors (Lipinski definition) is 0. The van der Waals surface area contributed by atoms with E-state index < -0.39 is 0 Å². The van der Waals surface area contributed by atoms with Crippen LogP contribution in [0, 0.1) is 0 Å². The van der Waals surface area contributed by atoms with Gasteiger partial charge in [0.25, 0.3) is 0 Å². The quantitative estimate of drug-likeness (QED) is 0.468.